The van der Waals surface area contributed by atoms with E-state index < -0.39 is 0 Å². The zero-order valence-corrected chi connectivity index (χ0v) is 25.1. The molecule has 1 aromatic rings. The third-order valence-electron chi connectivity index (χ3n) is 7.09. The van der Waals surface area contributed by atoms with Crippen molar-refractivity contribution in [3.8, 4) is 0 Å². The molecule has 1 fully saturated rings. The molecule has 0 spiro atoms. The Hall–Kier alpha value is -1.86. The molecule has 0 amide bonds. The van der Waals surface area contributed by atoms with Crippen LogP contribution in [0, 0.1) is 23.6 Å². The Kier molecular flexibility index (Phi) is 22.8. The normalized spacial score (nSPS) is 16.5. The molecule has 1 aliphatic carbocycles. The summed E-state index contributed by atoms with van der Waals surface area (Å²) in [5.41, 5.74) is 2.94. The highest BCUT2D eigenvalue weighted by atomic mass is 19.1. The number of hydrogen-bond acceptors (Lipinski definition) is 5. The lowest BCUT2D eigenvalue weighted by Crippen LogP contribution is -2.17. The molecule has 0 radical (unpaired) electrons. The van der Waals surface area contributed by atoms with Crippen molar-refractivity contribution in [2.75, 3.05) is 40.6 Å². The number of ether oxygens (including phenoxy) is 2. The van der Waals surface area contributed by atoms with Crippen molar-refractivity contribution in [2.45, 2.75) is 84.5 Å². The van der Waals surface area contributed by atoms with Gasteiger partial charge in [0.15, 0.2) is 0 Å². The van der Waals surface area contributed by atoms with Gasteiger partial charge in [-0.2, -0.15) is 0 Å². The molecule has 39 heavy (non-hydrogen) atoms. The first-order valence-electron chi connectivity index (χ1n) is 14.5. The lowest BCUT2D eigenvalue weighted by Gasteiger charge is -2.28. The van der Waals surface area contributed by atoms with Gasteiger partial charge < -0.3 is 19.7 Å². The van der Waals surface area contributed by atoms with Crippen LogP contribution in [0.3, 0.4) is 0 Å². The van der Waals surface area contributed by atoms with Gasteiger partial charge in [0, 0.05) is 25.7 Å². The van der Waals surface area contributed by atoms with Crippen molar-refractivity contribution in [1.82, 2.24) is 0 Å². The Morgan fingerprint density at radius 2 is 1.59 bits per heavy atom. The summed E-state index contributed by atoms with van der Waals surface area (Å²) in [6.45, 7) is 11.8. The SMILES string of the molecule is C=C(C)CO.C=C(C=O)CO.CCCCCC1CCC(CCc2ccc(CC(COC)COC)cc2F)CC1. The zero-order chi connectivity index (χ0) is 29.5. The van der Waals surface area contributed by atoms with Crippen LogP contribution in [0.1, 0.15) is 82.8 Å². The van der Waals surface area contributed by atoms with E-state index in [1.807, 2.05) is 6.07 Å². The van der Waals surface area contributed by atoms with Gasteiger partial charge in [0.25, 0.3) is 0 Å². The van der Waals surface area contributed by atoms with Gasteiger partial charge in [0.2, 0.25) is 0 Å². The molecule has 1 aromatic carbocycles. The smallest absolute Gasteiger partial charge is 0.147 e. The molecule has 5 nitrogen and oxygen atoms in total. The number of benzene rings is 1. The van der Waals surface area contributed by atoms with Gasteiger partial charge in [-0.1, -0.05) is 89.2 Å². The van der Waals surface area contributed by atoms with Crippen LogP contribution in [0.5, 0.6) is 0 Å². The van der Waals surface area contributed by atoms with E-state index >= 15 is 0 Å². The van der Waals surface area contributed by atoms with Gasteiger partial charge in [0.05, 0.1) is 26.4 Å². The van der Waals surface area contributed by atoms with Gasteiger partial charge in [-0.3, -0.25) is 4.79 Å². The van der Waals surface area contributed by atoms with Crippen LogP contribution >= 0.6 is 0 Å². The summed E-state index contributed by atoms with van der Waals surface area (Å²) in [5.74, 6) is 1.97. The molecule has 1 aliphatic rings. The summed E-state index contributed by atoms with van der Waals surface area (Å²) >= 11 is 0. The molecule has 0 bridgehead atoms. The molecule has 6 heteroatoms. The van der Waals surface area contributed by atoms with Crippen LogP contribution in [-0.4, -0.2) is 57.1 Å². The highest BCUT2D eigenvalue weighted by Crippen LogP contribution is 2.34. The first kappa shape index (κ1) is 37.1. The van der Waals surface area contributed by atoms with Crippen LogP contribution in [0.2, 0.25) is 0 Å². The average Bonchev–Trinajstić information content (AvgIpc) is 2.94. The molecule has 0 unspecified atom stereocenters. The topological polar surface area (TPSA) is 76.0 Å². The molecule has 0 saturated heterocycles. The van der Waals surface area contributed by atoms with Gasteiger partial charge in [-0.25, -0.2) is 4.39 Å². The Morgan fingerprint density at radius 1 is 1.03 bits per heavy atom. The van der Waals surface area contributed by atoms with Crippen molar-refractivity contribution in [3.05, 3.63) is 59.4 Å². The highest BCUT2D eigenvalue weighted by molar-refractivity contribution is 5.72. The maximum absolute atomic E-state index is 14.6. The second kappa shape index (κ2) is 24.0. The molecular formula is C33H55FO5. The minimum atomic E-state index is -0.233. The van der Waals surface area contributed by atoms with Gasteiger partial charge in [-0.15, -0.1) is 0 Å². The summed E-state index contributed by atoms with van der Waals surface area (Å²) in [6.07, 6.45) is 14.3. The second-order valence-electron chi connectivity index (χ2n) is 10.9. The van der Waals surface area contributed by atoms with Crippen LogP contribution in [0.4, 0.5) is 4.39 Å². The standard InChI is InChI=1S/C25H41FO2.C4H6O2.C4H8O/c1-4-5-6-7-20-8-10-21(11-9-20)12-14-24-15-13-22(17-25(24)26)16-23(18-27-2)19-28-3;1-4(2-5)3-6;1-4(2)3-5/h13,15,17,20-21,23H,4-12,14,16,18-19H2,1-3H3;2,6H,1,3H2;5H,1,3H2,2H3. The van der Waals surface area contributed by atoms with Gasteiger partial charge >= 0.3 is 0 Å². The maximum atomic E-state index is 14.6. The number of aliphatic hydroxyl groups is 2. The van der Waals surface area contributed by atoms with E-state index in [0.717, 1.165) is 47.8 Å². The monoisotopic (exact) mass is 550 g/mol. The van der Waals surface area contributed by atoms with Gasteiger partial charge in [-0.05, 0) is 55.2 Å². The lowest BCUT2D eigenvalue weighted by atomic mass is 9.77. The van der Waals surface area contributed by atoms with Crippen molar-refractivity contribution < 1.29 is 28.9 Å². The second-order valence-corrected chi connectivity index (χ2v) is 10.9. The number of carbonyl (C=O) groups excluding carboxylic acids is 1. The molecule has 1 saturated carbocycles. The third kappa shape index (κ3) is 19.0. The van der Waals surface area contributed by atoms with Gasteiger partial charge in [0.1, 0.15) is 12.1 Å². The Labute approximate surface area is 237 Å². The molecule has 0 aliphatic heterocycles. The van der Waals surface area contributed by atoms with Crippen molar-refractivity contribution in [3.63, 3.8) is 0 Å². The molecule has 0 aromatic heterocycles. The third-order valence-corrected chi connectivity index (χ3v) is 7.09. The van der Waals surface area contributed by atoms with E-state index in [0.29, 0.717) is 19.5 Å². The fraction of sp³-hybridized carbons (Fsp3) is 0.667. The number of halogens is 1. The summed E-state index contributed by atoms with van der Waals surface area (Å²) in [4.78, 5) is 9.48. The number of methoxy groups -OCH3 is 2. The van der Waals surface area contributed by atoms with E-state index in [2.05, 4.69) is 26.1 Å². The Bertz CT molecular complexity index is 780. The van der Waals surface area contributed by atoms with E-state index in [9.17, 15) is 9.18 Å². The molecule has 0 heterocycles. The number of aryl methyl sites for hydroxylation is 1. The van der Waals surface area contributed by atoms with E-state index in [1.165, 1.54) is 51.4 Å². The van der Waals surface area contributed by atoms with E-state index in [4.69, 9.17) is 19.7 Å². The highest BCUT2D eigenvalue weighted by Gasteiger charge is 2.21. The molecule has 0 atom stereocenters. The molecular weight excluding hydrogens is 495 g/mol. The zero-order valence-electron chi connectivity index (χ0n) is 25.1. The van der Waals surface area contributed by atoms with Crippen molar-refractivity contribution in [1.29, 1.82) is 0 Å². The van der Waals surface area contributed by atoms with Crippen LogP contribution in [0.15, 0.2) is 42.5 Å². The first-order chi connectivity index (χ1) is 18.7. The van der Waals surface area contributed by atoms with Crippen molar-refractivity contribution >= 4 is 6.29 Å². The largest absolute Gasteiger partial charge is 0.392 e. The summed E-state index contributed by atoms with van der Waals surface area (Å²) < 4.78 is 25.1. The van der Waals surface area contributed by atoms with Crippen LogP contribution < -0.4 is 0 Å². The lowest BCUT2D eigenvalue weighted by molar-refractivity contribution is -0.105. The molecule has 224 valence electrons. The fourth-order valence-electron chi connectivity index (χ4n) is 4.78. The average molecular weight is 551 g/mol. The number of rotatable bonds is 16. The predicted molar refractivity (Wildman–Crippen MR) is 159 cm³/mol. The number of carbonyl (C=O) groups is 1. The first-order valence-corrected chi connectivity index (χ1v) is 14.5. The van der Waals surface area contributed by atoms with Crippen LogP contribution in [0.25, 0.3) is 0 Å². The summed E-state index contributed by atoms with van der Waals surface area (Å²) in [5, 5.41) is 16.0. The minimum absolute atomic E-state index is 0.0423. The number of hydrogen-bond donors (Lipinski definition) is 2. The Morgan fingerprint density at radius 3 is 2.00 bits per heavy atom. The molecule has 2 N–H and O–H groups in total. The summed E-state index contributed by atoms with van der Waals surface area (Å²) in [6, 6.07) is 5.80. The van der Waals surface area contributed by atoms with Crippen molar-refractivity contribution in [2.24, 2.45) is 17.8 Å². The fourth-order valence-corrected chi connectivity index (χ4v) is 4.78. The number of aldehydes is 1. The quantitative estimate of drug-likeness (QED) is 0.101. The number of unbranched alkanes of at least 4 members (excludes halogenated alkanes) is 2. The predicted octanol–water partition coefficient (Wildman–Crippen LogP) is 6.89. The minimum Gasteiger partial charge on any atom is -0.392 e. The number of aliphatic hydroxyl groups excluding tert-OH is 2. The maximum Gasteiger partial charge on any atom is 0.147 e. The van der Waals surface area contributed by atoms with E-state index in [1.54, 1.807) is 27.2 Å². The molecule has 2 rings (SSSR count). The van der Waals surface area contributed by atoms with Crippen LogP contribution in [-0.2, 0) is 27.1 Å². The Balaban J connectivity index is 0.00000110. The summed E-state index contributed by atoms with van der Waals surface area (Å²) in [7, 11) is 3.40. The van der Waals surface area contributed by atoms with E-state index in [-0.39, 0.29) is 30.5 Å².